The summed E-state index contributed by atoms with van der Waals surface area (Å²) in [5.41, 5.74) is 3.25. The summed E-state index contributed by atoms with van der Waals surface area (Å²) in [6, 6.07) is 12.6. The van der Waals surface area contributed by atoms with Crippen molar-refractivity contribution in [1.82, 2.24) is 5.32 Å². The maximum atomic E-state index is 12.1. The lowest BCUT2D eigenvalue weighted by molar-refractivity contribution is -0.115. The van der Waals surface area contributed by atoms with E-state index in [1.165, 1.54) is 0 Å². The quantitative estimate of drug-likeness (QED) is 0.857. The van der Waals surface area contributed by atoms with E-state index in [1.807, 2.05) is 39.0 Å². The highest BCUT2D eigenvalue weighted by Gasteiger charge is 2.10. The normalized spacial score (nSPS) is 10.1. The highest BCUT2D eigenvalue weighted by molar-refractivity contribution is 5.99. The second kappa shape index (κ2) is 8.15. The van der Waals surface area contributed by atoms with Crippen molar-refractivity contribution in [2.24, 2.45) is 0 Å². The molecule has 0 spiro atoms. The van der Waals surface area contributed by atoms with E-state index in [2.05, 4.69) is 10.6 Å². The first-order chi connectivity index (χ1) is 11.5. The average Bonchev–Trinajstić information content (AvgIpc) is 2.57. The monoisotopic (exact) mass is 326 g/mol. The molecular formula is C19H22N2O3. The standard InChI is InChI=1S/C19H22N2O3/c1-4-24-16-10-8-15(9-11-16)19(23)20-12-17(22)21-18-13(2)6-5-7-14(18)3/h5-11H,4,12H2,1-3H3,(H,20,23)(H,21,22). The third-order valence-corrected chi connectivity index (χ3v) is 3.58. The summed E-state index contributed by atoms with van der Waals surface area (Å²) in [5, 5.41) is 5.46. The number of nitrogens with one attached hydrogen (secondary N) is 2. The van der Waals surface area contributed by atoms with Crippen LogP contribution < -0.4 is 15.4 Å². The Morgan fingerprint density at radius 3 is 2.21 bits per heavy atom. The molecule has 126 valence electrons. The van der Waals surface area contributed by atoms with E-state index in [0.717, 1.165) is 16.8 Å². The first-order valence-electron chi connectivity index (χ1n) is 7.88. The summed E-state index contributed by atoms with van der Waals surface area (Å²) in [7, 11) is 0. The van der Waals surface area contributed by atoms with Crippen LogP contribution in [0.2, 0.25) is 0 Å². The Balaban J connectivity index is 1.90. The van der Waals surface area contributed by atoms with E-state index >= 15 is 0 Å². The first-order valence-corrected chi connectivity index (χ1v) is 7.88. The van der Waals surface area contributed by atoms with E-state index in [4.69, 9.17) is 4.74 Å². The van der Waals surface area contributed by atoms with Crippen LogP contribution in [0.15, 0.2) is 42.5 Å². The molecule has 0 radical (unpaired) electrons. The highest BCUT2D eigenvalue weighted by Crippen LogP contribution is 2.19. The molecular weight excluding hydrogens is 304 g/mol. The molecule has 0 unspecified atom stereocenters. The van der Waals surface area contributed by atoms with Crippen molar-refractivity contribution in [3.63, 3.8) is 0 Å². The van der Waals surface area contributed by atoms with Gasteiger partial charge in [0.2, 0.25) is 5.91 Å². The van der Waals surface area contributed by atoms with Crippen molar-refractivity contribution < 1.29 is 14.3 Å². The van der Waals surface area contributed by atoms with Gasteiger partial charge in [-0.1, -0.05) is 18.2 Å². The van der Waals surface area contributed by atoms with E-state index < -0.39 is 0 Å². The summed E-state index contributed by atoms with van der Waals surface area (Å²) in [4.78, 5) is 24.1. The topological polar surface area (TPSA) is 67.4 Å². The Morgan fingerprint density at radius 1 is 1.00 bits per heavy atom. The minimum absolute atomic E-state index is 0.0835. The third-order valence-electron chi connectivity index (χ3n) is 3.58. The number of carbonyl (C=O) groups is 2. The molecule has 0 atom stereocenters. The molecule has 0 bridgehead atoms. The zero-order valence-corrected chi connectivity index (χ0v) is 14.2. The van der Waals surface area contributed by atoms with Crippen molar-refractivity contribution in [2.45, 2.75) is 20.8 Å². The van der Waals surface area contributed by atoms with Crippen LogP contribution in [0, 0.1) is 13.8 Å². The SMILES string of the molecule is CCOc1ccc(C(=O)NCC(=O)Nc2c(C)cccc2C)cc1. The molecule has 0 fully saturated rings. The number of aryl methyl sites for hydroxylation is 2. The Labute approximate surface area is 142 Å². The van der Waals surface area contributed by atoms with Crippen molar-refractivity contribution in [3.8, 4) is 5.75 Å². The van der Waals surface area contributed by atoms with Crippen LogP contribution in [0.4, 0.5) is 5.69 Å². The van der Waals surface area contributed by atoms with Gasteiger partial charge >= 0.3 is 0 Å². The summed E-state index contributed by atoms with van der Waals surface area (Å²) >= 11 is 0. The number of rotatable bonds is 6. The van der Waals surface area contributed by atoms with Gasteiger partial charge in [-0.2, -0.15) is 0 Å². The largest absolute Gasteiger partial charge is 0.494 e. The van der Waals surface area contributed by atoms with Gasteiger partial charge in [-0.05, 0) is 56.2 Å². The summed E-state index contributed by atoms with van der Waals surface area (Å²) in [6.45, 7) is 6.25. The molecule has 2 amide bonds. The fourth-order valence-electron chi connectivity index (χ4n) is 2.33. The van der Waals surface area contributed by atoms with Gasteiger partial charge in [0.25, 0.3) is 5.91 Å². The Kier molecular flexibility index (Phi) is 5.95. The number of amides is 2. The van der Waals surface area contributed by atoms with Gasteiger partial charge in [-0.3, -0.25) is 9.59 Å². The smallest absolute Gasteiger partial charge is 0.251 e. The minimum Gasteiger partial charge on any atom is -0.494 e. The van der Waals surface area contributed by atoms with Gasteiger partial charge in [-0.15, -0.1) is 0 Å². The van der Waals surface area contributed by atoms with Crippen LogP contribution in [0.25, 0.3) is 0 Å². The van der Waals surface area contributed by atoms with Gasteiger partial charge in [-0.25, -0.2) is 0 Å². The van der Waals surface area contributed by atoms with Crippen LogP contribution in [0.1, 0.15) is 28.4 Å². The van der Waals surface area contributed by atoms with Crippen LogP contribution in [-0.4, -0.2) is 25.0 Å². The van der Waals surface area contributed by atoms with Crippen LogP contribution in [-0.2, 0) is 4.79 Å². The number of carbonyl (C=O) groups excluding carboxylic acids is 2. The fraction of sp³-hybridized carbons (Fsp3) is 0.263. The number of hydrogen-bond acceptors (Lipinski definition) is 3. The lowest BCUT2D eigenvalue weighted by atomic mass is 10.1. The first kappa shape index (κ1) is 17.5. The predicted molar refractivity (Wildman–Crippen MR) is 94.5 cm³/mol. The van der Waals surface area contributed by atoms with E-state index in [-0.39, 0.29) is 18.4 Å². The molecule has 2 N–H and O–H groups in total. The number of hydrogen-bond donors (Lipinski definition) is 2. The lowest BCUT2D eigenvalue weighted by Gasteiger charge is -2.12. The van der Waals surface area contributed by atoms with Crippen molar-refractivity contribution >= 4 is 17.5 Å². The second-order valence-corrected chi connectivity index (χ2v) is 5.46. The second-order valence-electron chi connectivity index (χ2n) is 5.46. The van der Waals surface area contributed by atoms with E-state index in [1.54, 1.807) is 24.3 Å². The number of ether oxygens (including phenoxy) is 1. The molecule has 0 aromatic heterocycles. The van der Waals surface area contributed by atoms with Crippen LogP contribution in [0.3, 0.4) is 0 Å². The number of anilines is 1. The zero-order valence-electron chi connectivity index (χ0n) is 14.2. The number of benzene rings is 2. The molecule has 0 saturated heterocycles. The van der Waals surface area contributed by atoms with Crippen LogP contribution in [0.5, 0.6) is 5.75 Å². The molecule has 2 aromatic rings. The molecule has 0 aliphatic rings. The molecule has 5 nitrogen and oxygen atoms in total. The highest BCUT2D eigenvalue weighted by atomic mass is 16.5. The van der Waals surface area contributed by atoms with E-state index in [0.29, 0.717) is 17.9 Å². The Bertz CT molecular complexity index is 704. The molecule has 5 heteroatoms. The zero-order chi connectivity index (χ0) is 17.5. The fourth-order valence-corrected chi connectivity index (χ4v) is 2.33. The third kappa shape index (κ3) is 4.59. The van der Waals surface area contributed by atoms with Gasteiger partial charge in [0.15, 0.2) is 0 Å². The molecule has 2 aromatic carbocycles. The van der Waals surface area contributed by atoms with Gasteiger partial charge in [0.1, 0.15) is 5.75 Å². The molecule has 0 saturated carbocycles. The molecule has 0 heterocycles. The predicted octanol–water partition coefficient (Wildman–Crippen LogP) is 3.07. The summed E-state index contributed by atoms with van der Waals surface area (Å²) in [6.07, 6.45) is 0. The molecule has 0 aliphatic carbocycles. The Morgan fingerprint density at radius 2 is 1.62 bits per heavy atom. The maximum absolute atomic E-state index is 12.1. The average molecular weight is 326 g/mol. The van der Waals surface area contributed by atoms with Crippen LogP contribution >= 0.6 is 0 Å². The minimum atomic E-state index is -0.297. The van der Waals surface area contributed by atoms with Crippen molar-refractivity contribution in [3.05, 3.63) is 59.2 Å². The molecule has 24 heavy (non-hydrogen) atoms. The van der Waals surface area contributed by atoms with E-state index in [9.17, 15) is 9.59 Å². The van der Waals surface area contributed by atoms with Crippen molar-refractivity contribution in [2.75, 3.05) is 18.5 Å². The maximum Gasteiger partial charge on any atom is 0.251 e. The van der Waals surface area contributed by atoms with Gasteiger partial charge in [0.05, 0.1) is 13.2 Å². The van der Waals surface area contributed by atoms with Gasteiger partial charge < -0.3 is 15.4 Å². The molecule has 2 rings (SSSR count). The summed E-state index contributed by atoms with van der Waals surface area (Å²) in [5.74, 6) is 0.156. The van der Waals surface area contributed by atoms with Crippen molar-refractivity contribution in [1.29, 1.82) is 0 Å². The number of para-hydroxylation sites is 1. The molecule has 0 aliphatic heterocycles. The Hall–Kier alpha value is -2.82. The summed E-state index contributed by atoms with van der Waals surface area (Å²) < 4.78 is 5.33. The van der Waals surface area contributed by atoms with Gasteiger partial charge in [0, 0.05) is 11.3 Å². The lowest BCUT2D eigenvalue weighted by Crippen LogP contribution is -2.33.